The van der Waals surface area contributed by atoms with Crippen molar-refractivity contribution in [2.24, 2.45) is 0 Å². The lowest BCUT2D eigenvalue weighted by Gasteiger charge is -2.36. The van der Waals surface area contributed by atoms with Crippen molar-refractivity contribution in [3.05, 3.63) is 96.2 Å². The van der Waals surface area contributed by atoms with E-state index in [1.54, 1.807) is 0 Å². The number of thioether (sulfide) groups is 1. The van der Waals surface area contributed by atoms with E-state index in [4.69, 9.17) is 0 Å². The van der Waals surface area contributed by atoms with Crippen LogP contribution in [0.3, 0.4) is 0 Å². The van der Waals surface area contributed by atoms with Gasteiger partial charge in [-0.05, 0) is 81.1 Å². The van der Waals surface area contributed by atoms with E-state index in [2.05, 4.69) is 140 Å². The Morgan fingerprint density at radius 3 is 1.26 bits per heavy atom. The van der Waals surface area contributed by atoms with Crippen molar-refractivity contribution in [3.8, 4) is 0 Å². The lowest BCUT2D eigenvalue weighted by molar-refractivity contribution is 0.772. The van der Waals surface area contributed by atoms with Gasteiger partial charge in [-0.1, -0.05) is 96.2 Å². The molecule has 0 bridgehead atoms. The van der Waals surface area contributed by atoms with Crippen LogP contribution in [0.2, 0.25) is 0 Å². The van der Waals surface area contributed by atoms with Gasteiger partial charge in [0, 0.05) is 9.49 Å². The molecule has 31 heavy (non-hydrogen) atoms. The first-order valence-corrected chi connectivity index (χ1v) is 12.4. The summed E-state index contributed by atoms with van der Waals surface area (Å²) in [4.78, 5) is 0. The molecule has 0 aromatic rings. The molecular formula is C30H46S. The average Bonchev–Trinajstić information content (AvgIpc) is 2.70. The van der Waals surface area contributed by atoms with E-state index >= 15 is 0 Å². The zero-order chi connectivity index (χ0) is 23.6. The van der Waals surface area contributed by atoms with E-state index < -0.39 is 0 Å². The summed E-state index contributed by atoms with van der Waals surface area (Å²) >= 11 is 2.02. The summed E-state index contributed by atoms with van der Waals surface area (Å²) in [6.07, 6.45) is 34.8. The second kappa shape index (κ2) is 16.9. The zero-order valence-electron chi connectivity index (χ0n) is 21.3. The van der Waals surface area contributed by atoms with E-state index in [-0.39, 0.29) is 9.49 Å². The second-order valence-electron chi connectivity index (χ2n) is 8.74. The van der Waals surface area contributed by atoms with Crippen LogP contribution in [0.4, 0.5) is 0 Å². The van der Waals surface area contributed by atoms with Crippen LogP contribution < -0.4 is 0 Å². The fraction of sp³-hybridized carbons (Fsp3) is 0.467. The Kier molecular flexibility index (Phi) is 16.0. The van der Waals surface area contributed by atoms with Gasteiger partial charge in [0.25, 0.3) is 0 Å². The molecule has 0 aliphatic rings. The summed E-state index contributed by atoms with van der Waals surface area (Å²) in [6.45, 7) is 17.9. The van der Waals surface area contributed by atoms with Gasteiger partial charge in [-0.2, -0.15) is 0 Å². The van der Waals surface area contributed by atoms with Crippen molar-refractivity contribution < 1.29 is 0 Å². The van der Waals surface area contributed by atoms with Gasteiger partial charge in [-0.25, -0.2) is 0 Å². The lowest BCUT2D eigenvalue weighted by atomic mass is 10.0. The molecule has 0 aliphatic carbocycles. The van der Waals surface area contributed by atoms with Crippen LogP contribution in [-0.4, -0.2) is 9.49 Å². The molecule has 0 heterocycles. The number of hydrogen-bond acceptors (Lipinski definition) is 1. The third-order valence-electron chi connectivity index (χ3n) is 5.29. The largest absolute Gasteiger partial charge is 0.141 e. The molecule has 0 saturated carbocycles. The molecule has 1 heteroatoms. The molecule has 0 nitrogen and oxygen atoms in total. The van der Waals surface area contributed by atoms with Gasteiger partial charge in [0.15, 0.2) is 0 Å². The molecule has 0 N–H and O–H groups in total. The summed E-state index contributed by atoms with van der Waals surface area (Å²) in [5.41, 5.74) is 2.77. The zero-order valence-corrected chi connectivity index (χ0v) is 22.1. The normalized spacial score (nSPS) is 15.4. The third-order valence-corrected chi connectivity index (χ3v) is 6.95. The number of hydrogen-bond donors (Lipinski definition) is 0. The molecular weight excluding hydrogens is 392 g/mol. The van der Waals surface area contributed by atoms with Crippen LogP contribution in [0.5, 0.6) is 0 Å². The first kappa shape index (κ1) is 29.3. The van der Waals surface area contributed by atoms with E-state index in [1.807, 2.05) is 11.8 Å². The minimum absolute atomic E-state index is 0.0645. The first-order valence-electron chi connectivity index (χ1n) is 11.6. The molecule has 0 saturated heterocycles. The maximum Gasteiger partial charge on any atom is 0.0320 e. The molecule has 0 amide bonds. The van der Waals surface area contributed by atoms with E-state index in [0.717, 1.165) is 25.7 Å². The van der Waals surface area contributed by atoms with Crippen molar-refractivity contribution in [1.82, 2.24) is 0 Å². The van der Waals surface area contributed by atoms with E-state index in [9.17, 15) is 0 Å². The Bertz CT molecular complexity index is 654. The molecule has 0 unspecified atom stereocenters. The van der Waals surface area contributed by atoms with Crippen LogP contribution in [-0.2, 0) is 0 Å². The smallest absolute Gasteiger partial charge is 0.0320 e. The number of allylic oxidation sites excluding steroid dienone is 14. The SMILES string of the molecule is CC=CCCC=CC=CC=C(C)C(C)(C)SC(C)(C)C(C)=CC=CC=CCCC=CC. The fourth-order valence-corrected chi connectivity index (χ4v) is 4.53. The van der Waals surface area contributed by atoms with Gasteiger partial charge in [-0.15, -0.1) is 11.8 Å². The highest BCUT2D eigenvalue weighted by Crippen LogP contribution is 2.44. The summed E-state index contributed by atoms with van der Waals surface area (Å²) < 4.78 is 0.129. The van der Waals surface area contributed by atoms with Crippen LogP contribution >= 0.6 is 11.8 Å². The molecule has 0 spiro atoms. The summed E-state index contributed by atoms with van der Waals surface area (Å²) in [6, 6.07) is 0. The van der Waals surface area contributed by atoms with Crippen molar-refractivity contribution in [2.45, 2.75) is 90.6 Å². The van der Waals surface area contributed by atoms with Crippen LogP contribution in [0.15, 0.2) is 96.2 Å². The van der Waals surface area contributed by atoms with Crippen molar-refractivity contribution >= 4 is 11.8 Å². The highest BCUT2D eigenvalue weighted by atomic mass is 32.2. The highest BCUT2D eigenvalue weighted by molar-refractivity contribution is 8.02. The van der Waals surface area contributed by atoms with Gasteiger partial charge in [-0.3, -0.25) is 0 Å². The molecule has 0 fully saturated rings. The minimum atomic E-state index is 0.0645. The maximum atomic E-state index is 2.32. The van der Waals surface area contributed by atoms with Crippen LogP contribution in [0.25, 0.3) is 0 Å². The summed E-state index contributed by atoms with van der Waals surface area (Å²) in [7, 11) is 0. The lowest BCUT2D eigenvalue weighted by Crippen LogP contribution is -2.28. The fourth-order valence-electron chi connectivity index (χ4n) is 2.80. The predicted octanol–water partition coefficient (Wildman–Crippen LogP) is 10.1. The number of unbranched alkanes of at least 4 members (excludes halogenated alkanes) is 2. The van der Waals surface area contributed by atoms with E-state index in [1.165, 1.54) is 11.1 Å². The standard InChI is InChI=1S/C30H46S/c1-9-11-13-15-17-19-21-23-25-27(3)29(5,6)31-30(7,8)28(4)26-24-22-20-18-16-14-12-10-2/h9-12,17-26H,13-16H2,1-8H3. The first-order chi connectivity index (χ1) is 14.7. The Morgan fingerprint density at radius 1 is 0.548 bits per heavy atom. The van der Waals surface area contributed by atoms with Crippen molar-refractivity contribution in [2.75, 3.05) is 0 Å². The molecule has 0 aromatic carbocycles. The molecule has 172 valence electrons. The summed E-state index contributed by atoms with van der Waals surface area (Å²) in [5.74, 6) is 0. The second-order valence-corrected chi connectivity index (χ2v) is 11.0. The van der Waals surface area contributed by atoms with Crippen molar-refractivity contribution in [3.63, 3.8) is 0 Å². The average molecular weight is 439 g/mol. The van der Waals surface area contributed by atoms with E-state index in [0.29, 0.717) is 0 Å². The third kappa shape index (κ3) is 14.8. The van der Waals surface area contributed by atoms with Crippen molar-refractivity contribution in [1.29, 1.82) is 0 Å². The quantitative estimate of drug-likeness (QED) is 0.148. The predicted molar refractivity (Wildman–Crippen MR) is 148 cm³/mol. The molecule has 0 aliphatic heterocycles. The Balaban J connectivity index is 4.83. The topological polar surface area (TPSA) is 0 Å². The Hall–Kier alpha value is -1.73. The molecule has 0 radical (unpaired) electrons. The minimum Gasteiger partial charge on any atom is -0.141 e. The molecule has 0 aromatic heterocycles. The van der Waals surface area contributed by atoms with Gasteiger partial charge < -0.3 is 0 Å². The molecule has 0 rings (SSSR count). The number of rotatable bonds is 14. The monoisotopic (exact) mass is 438 g/mol. The maximum absolute atomic E-state index is 2.32. The van der Waals surface area contributed by atoms with Gasteiger partial charge >= 0.3 is 0 Å². The van der Waals surface area contributed by atoms with Gasteiger partial charge in [0.05, 0.1) is 0 Å². The van der Waals surface area contributed by atoms with Crippen LogP contribution in [0, 0.1) is 0 Å². The highest BCUT2D eigenvalue weighted by Gasteiger charge is 2.31. The van der Waals surface area contributed by atoms with Crippen LogP contribution in [0.1, 0.15) is 81.1 Å². The summed E-state index contributed by atoms with van der Waals surface area (Å²) in [5, 5.41) is 0. The van der Waals surface area contributed by atoms with Gasteiger partial charge in [0.2, 0.25) is 0 Å². The van der Waals surface area contributed by atoms with Gasteiger partial charge in [0.1, 0.15) is 0 Å². The Labute approximate surface area is 198 Å². The Morgan fingerprint density at radius 2 is 0.903 bits per heavy atom. The molecule has 0 atom stereocenters.